The molecule has 1 aliphatic heterocycles. The summed E-state index contributed by atoms with van der Waals surface area (Å²) in [5.74, 6) is -1.17. The van der Waals surface area contributed by atoms with Crippen LogP contribution in [-0.4, -0.2) is 62.1 Å². The Labute approximate surface area is 201 Å². The Hall–Kier alpha value is 0.280. The molecule has 1 rings (SSSR count). The zero-order chi connectivity index (χ0) is 22.5. The maximum atomic E-state index is 12.2. The van der Waals surface area contributed by atoms with E-state index in [1.54, 1.807) is 27.7 Å². The summed E-state index contributed by atoms with van der Waals surface area (Å²) < 4.78 is 15.4. The smallest absolute Gasteiger partial charge is 0.321 e. The van der Waals surface area contributed by atoms with Gasteiger partial charge in [0, 0.05) is 0 Å². The van der Waals surface area contributed by atoms with E-state index in [0.717, 1.165) is 25.9 Å². The highest BCUT2D eigenvalue weighted by Gasteiger charge is 2.37. The van der Waals surface area contributed by atoms with Gasteiger partial charge in [0.15, 0.2) is 6.29 Å². The summed E-state index contributed by atoms with van der Waals surface area (Å²) in [7, 11) is 0. The summed E-state index contributed by atoms with van der Waals surface area (Å²) in [4.78, 5) is 24.3. The Morgan fingerprint density at radius 1 is 0.966 bits per heavy atom. The number of rotatable bonds is 10. The molecular weight excluding hydrogens is 604 g/mol. The van der Waals surface area contributed by atoms with Crippen LogP contribution in [0, 0.1) is 11.8 Å². The van der Waals surface area contributed by atoms with Crippen molar-refractivity contribution in [2.45, 2.75) is 73.1 Å². The van der Waals surface area contributed by atoms with E-state index in [0.29, 0.717) is 5.92 Å². The van der Waals surface area contributed by atoms with E-state index < -0.39 is 36.6 Å². The Morgan fingerprint density at radius 3 is 1.76 bits per heavy atom. The lowest BCUT2D eigenvalue weighted by molar-refractivity contribution is -0.229. The molecule has 1 heterocycles. The minimum atomic E-state index is -1.23. The summed E-state index contributed by atoms with van der Waals surface area (Å²) in [6.45, 7) is 12.6. The monoisotopic (exact) mass is 639 g/mol. The van der Waals surface area contributed by atoms with Gasteiger partial charge in [-0.15, -0.1) is 0 Å². The molecule has 0 aromatic carbocycles. The second-order valence-electron chi connectivity index (χ2n) is 9.04. The predicted molar refractivity (Wildman–Crippen MR) is 128 cm³/mol. The highest BCUT2D eigenvalue weighted by molar-refractivity contribution is 14.1. The molecule has 0 aromatic rings. The van der Waals surface area contributed by atoms with Crippen LogP contribution >= 0.6 is 45.2 Å². The van der Waals surface area contributed by atoms with Crippen molar-refractivity contribution in [3.05, 3.63) is 0 Å². The quantitative estimate of drug-likeness (QED) is 0.164. The molecule has 0 aliphatic carbocycles. The van der Waals surface area contributed by atoms with E-state index in [1.807, 2.05) is 59.0 Å². The number of piperidine rings is 1. The van der Waals surface area contributed by atoms with Gasteiger partial charge >= 0.3 is 11.9 Å². The molecule has 0 radical (unpaired) electrons. The van der Waals surface area contributed by atoms with Crippen molar-refractivity contribution in [1.82, 2.24) is 5.32 Å². The second kappa shape index (κ2) is 11.2. The van der Waals surface area contributed by atoms with Crippen molar-refractivity contribution in [3.63, 3.8) is 0 Å². The van der Waals surface area contributed by atoms with Crippen LogP contribution in [0.5, 0.6) is 0 Å². The summed E-state index contributed by atoms with van der Waals surface area (Å²) in [6.07, 6.45) is 0.691. The van der Waals surface area contributed by atoms with Crippen molar-refractivity contribution < 1.29 is 28.9 Å². The minimum absolute atomic E-state index is 0.0936. The number of aliphatic hydroxyl groups excluding tert-OH is 1. The summed E-state index contributed by atoms with van der Waals surface area (Å²) in [5.41, 5.74) is -0.557. The number of esters is 2. The van der Waals surface area contributed by atoms with Crippen molar-refractivity contribution in [2.24, 2.45) is 11.8 Å². The highest BCUT2D eigenvalue weighted by Crippen LogP contribution is 2.31. The first-order valence-electron chi connectivity index (χ1n) is 9.93. The lowest BCUT2D eigenvalue weighted by atomic mass is 9.83. The lowest BCUT2D eigenvalue weighted by Crippen LogP contribution is -2.46. The van der Waals surface area contributed by atoms with E-state index in [4.69, 9.17) is 14.2 Å². The molecule has 0 spiro atoms. The second-order valence-corrected chi connectivity index (χ2v) is 14.4. The van der Waals surface area contributed by atoms with E-state index in [-0.39, 0.29) is 13.2 Å². The number of alkyl halides is 2. The number of halogens is 2. The SMILES string of the molecule is CC(C)(I)C(=O)OCC(COC(=O)C(C)(C)I)C(O)OC(C)(C)C1CCNCC1. The number of hydrogen-bond acceptors (Lipinski definition) is 7. The first-order valence-corrected chi connectivity index (χ1v) is 12.1. The van der Waals surface area contributed by atoms with Crippen molar-refractivity contribution in [2.75, 3.05) is 26.3 Å². The molecule has 0 saturated carbocycles. The summed E-state index contributed by atoms with van der Waals surface area (Å²) in [6, 6.07) is 0. The molecule has 1 atom stereocenters. The zero-order valence-electron chi connectivity index (χ0n) is 18.2. The Morgan fingerprint density at radius 2 is 1.38 bits per heavy atom. The van der Waals surface area contributed by atoms with Crippen molar-refractivity contribution in [3.8, 4) is 0 Å². The third kappa shape index (κ3) is 9.53. The van der Waals surface area contributed by atoms with Gasteiger partial charge in [0.2, 0.25) is 0 Å². The molecule has 0 aromatic heterocycles. The van der Waals surface area contributed by atoms with Gasteiger partial charge in [-0.05, 0) is 73.4 Å². The standard InChI is InChI=1S/C20H35I2NO6/c1-18(2,21)16(25)27-11-13(12-28-17(26)19(3,4)22)15(24)29-20(5,6)14-7-9-23-10-8-14/h13-15,23-24H,7-12H2,1-6H3. The molecule has 2 N–H and O–H groups in total. The molecule has 9 heteroatoms. The number of hydrogen-bond donors (Lipinski definition) is 2. The first-order chi connectivity index (χ1) is 13.1. The largest absolute Gasteiger partial charge is 0.464 e. The number of ether oxygens (including phenoxy) is 3. The zero-order valence-corrected chi connectivity index (χ0v) is 22.5. The Bertz CT molecular complexity index is 520. The molecule has 0 amide bonds. The van der Waals surface area contributed by atoms with Gasteiger partial charge in [0.05, 0.1) is 11.5 Å². The van der Waals surface area contributed by atoms with Crippen LogP contribution in [0.3, 0.4) is 0 Å². The number of nitrogens with one attached hydrogen (secondary N) is 1. The Kier molecular flexibility index (Phi) is 10.6. The van der Waals surface area contributed by atoms with Gasteiger partial charge in [-0.2, -0.15) is 0 Å². The number of carbonyl (C=O) groups is 2. The minimum Gasteiger partial charge on any atom is -0.464 e. The molecule has 1 unspecified atom stereocenters. The average molecular weight is 639 g/mol. The van der Waals surface area contributed by atoms with Gasteiger partial charge < -0.3 is 24.6 Å². The molecule has 1 aliphatic rings. The normalized spacial score (nSPS) is 17.9. The van der Waals surface area contributed by atoms with Gasteiger partial charge in [-0.25, -0.2) is 0 Å². The fourth-order valence-corrected chi connectivity index (χ4v) is 3.25. The predicted octanol–water partition coefficient (Wildman–Crippen LogP) is 3.23. The molecule has 170 valence electrons. The fraction of sp³-hybridized carbons (Fsp3) is 0.900. The fourth-order valence-electron chi connectivity index (χ4n) is 2.94. The van der Waals surface area contributed by atoms with E-state index in [1.165, 1.54) is 0 Å². The van der Waals surface area contributed by atoms with Gasteiger partial charge in [0.1, 0.15) is 20.1 Å². The molecular formula is C20H35I2NO6. The van der Waals surface area contributed by atoms with Gasteiger partial charge in [-0.3, -0.25) is 9.59 Å². The van der Waals surface area contributed by atoms with Gasteiger partial charge in [0.25, 0.3) is 0 Å². The topological polar surface area (TPSA) is 94.1 Å². The lowest BCUT2D eigenvalue weighted by Gasteiger charge is -2.40. The molecule has 7 nitrogen and oxygen atoms in total. The van der Waals surface area contributed by atoms with Crippen LogP contribution in [0.1, 0.15) is 54.4 Å². The van der Waals surface area contributed by atoms with Crippen LogP contribution in [0.4, 0.5) is 0 Å². The molecule has 0 bridgehead atoms. The van der Waals surface area contributed by atoms with Crippen LogP contribution in [0.15, 0.2) is 0 Å². The number of carbonyl (C=O) groups excluding carboxylic acids is 2. The van der Waals surface area contributed by atoms with E-state index in [2.05, 4.69) is 5.32 Å². The van der Waals surface area contributed by atoms with E-state index >= 15 is 0 Å². The van der Waals surface area contributed by atoms with Crippen LogP contribution in [0.2, 0.25) is 0 Å². The molecule has 29 heavy (non-hydrogen) atoms. The Balaban J connectivity index is 2.81. The van der Waals surface area contributed by atoms with Crippen LogP contribution in [0.25, 0.3) is 0 Å². The summed E-state index contributed by atoms with van der Waals surface area (Å²) >= 11 is 4.00. The maximum absolute atomic E-state index is 12.2. The third-order valence-electron chi connectivity index (χ3n) is 4.98. The van der Waals surface area contributed by atoms with Gasteiger partial charge in [-0.1, -0.05) is 45.2 Å². The molecule has 1 saturated heterocycles. The third-order valence-corrected chi connectivity index (χ3v) is 5.86. The maximum Gasteiger partial charge on any atom is 0.321 e. The van der Waals surface area contributed by atoms with Crippen LogP contribution < -0.4 is 5.32 Å². The average Bonchev–Trinajstić information content (AvgIpc) is 2.59. The first kappa shape index (κ1) is 27.3. The van der Waals surface area contributed by atoms with Crippen molar-refractivity contribution in [1.29, 1.82) is 0 Å². The highest BCUT2D eigenvalue weighted by atomic mass is 127. The number of aliphatic hydroxyl groups is 1. The summed E-state index contributed by atoms with van der Waals surface area (Å²) in [5, 5.41) is 14.1. The van der Waals surface area contributed by atoms with Crippen LogP contribution in [-0.2, 0) is 23.8 Å². The molecule has 1 fully saturated rings. The van der Waals surface area contributed by atoms with Crippen molar-refractivity contribution >= 4 is 57.1 Å². The van der Waals surface area contributed by atoms with E-state index in [9.17, 15) is 14.7 Å².